The fourth-order valence-corrected chi connectivity index (χ4v) is 12.7. The zero-order valence-corrected chi connectivity index (χ0v) is 65.9. The van der Waals surface area contributed by atoms with E-state index in [0.717, 1.165) is 27.8 Å². The number of thiocarbonyl (C=S) groups is 1. The molecule has 0 bridgehead atoms. The highest BCUT2D eigenvalue weighted by molar-refractivity contribution is 7.80. The summed E-state index contributed by atoms with van der Waals surface area (Å²) in [6, 6.07) is 40.3. The third-order valence-electron chi connectivity index (χ3n) is 18.6. The van der Waals surface area contributed by atoms with Crippen LogP contribution in [0.15, 0.2) is 164 Å². The Morgan fingerprint density at radius 2 is 0.904 bits per heavy atom. The van der Waals surface area contributed by atoms with Crippen molar-refractivity contribution in [2.45, 2.75) is 137 Å². The van der Waals surface area contributed by atoms with Crippen LogP contribution < -0.4 is 74.3 Å². The Morgan fingerprint density at radius 1 is 0.535 bits per heavy atom. The molecule has 7 N–H and O–H groups in total. The molecule has 0 spiro atoms. The number of nitrogens with zero attached hydrogens (tertiary/aromatic N) is 10. The molecule has 0 saturated heterocycles. The van der Waals surface area contributed by atoms with E-state index in [4.69, 9.17) is 51.2 Å². The van der Waals surface area contributed by atoms with E-state index in [9.17, 15) is 47.4 Å². The molecule has 5 aliphatic heterocycles. The molecule has 4 aromatic heterocycles. The van der Waals surface area contributed by atoms with Gasteiger partial charge in [-0.3, -0.25) is 53.3 Å². The molecular weight excluding hydrogens is 1490 g/mol. The summed E-state index contributed by atoms with van der Waals surface area (Å²) in [6.07, 6.45) is 0.670. The van der Waals surface area contributed by atoms with E-state index >= 15 is 0 Å². The minimum Gasteiger partial charge on any atom is -0.481 e. The van der Waals surface area contributed by atoms with Gasteiger partial charge in [0.25, 0.3) is 22.6 Å². The highest BCUT2D eigenvalue weighted by Crippen LogP contribution is 2.32. The predicted octanol–water partition coefficient (Wildman–Crippen LogP) is 5.79. The van der Waals surface area contributed by atoms with Crippen molar-refractivity contribution in [1.29, 1.82) is 0 Å². The molecule has 9 heterocycles. The van der Waals surface area contributed by atoms with Crippen molar-refractivity contribution in [2.75, 3.05) is 47.6 Å². The van der Waals surface area contributed by atoms with Gasteiger partial charge in [-0.2, -0.15) is 5.10 Å². The summed E-state index contributed by atoms with van der Waals surface area (Å²) in [5.41, 5.74) is 5.01. The lowest BCUT2D eigenvalue weighted by molar-refractivity contribution is -0.120. The number of carbonyl (C=O) groups excluding carboxylic acids is 2. The largest absolute Gasteiger partial charge is 0.481 e. The molecule has 9 aromatic rings. The average molecular weight is 1580 g/mol. The predicted molar refractivity (Wildman–Crippen MR) is 422 cm³/mol. The first kappa shape index (κ1) is 84.4. The van der Waals surface area contributed by atoms with Crippen molar-refractivity contribution in [3.05, 3.63) is 271 Å². The van der Waals surface area contributed by atoms with Crippen LogP contribution in [0.5, 0.6) is 17.2 Å². The quantitative estimate of drug-likeness (QED) is 0.0288. The number of hydrazone groups is 1. The van der Waals surface area contributed by atoms with Crippen LogP contribution in [-0.2, 0) is 105 Å². The summed E-state index contributed by atoms with van der Waals surface area (Å²) in [5.74, 6) is 5.25. The molecule has 0 fully saturated rings. The number of hydrazine groups is 1. The Balaban J connectivity index is 0.000000154. The van der Waals surface area contributed by atoms with Gasteiger partial charge in [-0.05, 0) is 107 Å². The van der Waals surface area contributed by atoms with Crippen molar-refractivity contribution in [3.8, 4) is 17.2 Å². The van der Waals surface area contributed by atoms with Crippen molar-refractivity contribution < 1.29 is 61.4 Å². The van der Waals surface area contributed by atoms with Gasteiger partial charge in [0.1, 0.15) is 93.7 Å². The highest BCUT2D eigenvalue weighted by atomic mass is 32.1. The Kier molecular flexibility index (Phi) is 27.1. The molecule has 600 valence electrons. The number of likely N-dealkylation sites (N-methyl/N-ethyl adjacent to an activating group) is 1. The number of carboxylic acid groups (broad SMARTS) is 1. The first-order valence-corrected chi connectivity index (χ1v) is 36.8. The smallest absolute Gasteiger partial charge is 0.358 e. The summed E-state index contributed by atoms with van der Waals surface area (Å²) in [6.45, 7) is 22.7. The van der Waals surface area contributed by atoms with E-state index in [1.165, 1.54) is 40.4 Å². The first-order chi connectivity index (χ1) is 54.3. The zero-order chi connectivity index (χ0) is 82.4. The average Bonchev–Trinajstić information content (AvgIpc) is 1.72. The fourth-order valence-electron chi connectivity index (χ4n) is 12.6. The van der Waals surface area contributed by atoms with Crippen LogP contribution in [0.25, 0.3) is 12.4 Å². The summed E-state index contributed by atoms with van der Waals surface area (Å²) < 4.78 is 71.9. The number of carbonyl (C=O) groups is 3. The number of rotatable bonds is 16. The Labute approximate surface area is 659 Å². The van der Waals surface area contributed by atoms with Crippen molar-refractivity contribution in [1.82, 2.24) is 64.6 Å². The van der Waals surface area contributed by atoms with E-state index in [1.807, 2.05) is 150 Å². The molecule has 14 rings (SSSR count). The number of amides is 2. The second-order valence-electron chi connectivity index (χ2n) is 28.4. The number of amidine groups is 1. The molecule has 0 aliphatic carbocycles. The molecule has 2 amide bonds. The van der Waals surface area contributed by atoms with Crippen LogP contribution in [0.3, 0.4) is 0 Å². The van der Waals surface area contributed by atoms with Gasteiger partial charge < -0.3 is 58.4 Å². The van der Waals surface area contributed by atoms with Crippen LogP contribution in [-0.4, -0.2) is 124 Å². The number of hydrogen-bond donors (Lipinski definition) is 6. The van der Waals surface area contributed by atoms with Gasteiger partial charge in [-0.15, -0.1) is 0 Å². The van der Waals surface area contributed by atoms with E-state index in [-0.39, 0.29) is 94.3 Å². The van der Waals surface area contributed by atoms with Gasteiger partial charge in [-0.1, -0.05) is 134 Å². The maximum absolute atomic E-state index is 13.1. The van der Waals surface area contributed by atoms with Gasteiger partial charge in [-0.25, -0.2) is 39.4 Å². The van der Waals surface area contributed by atoms with Gasteiger partial charge in [0.2, 0.25) is 28.6 Å². The minimum absolute atomic E-state index is 0.0201. The molecular formula is C81H91F2N15O15S. The number of nitrogens with two attached hydrogens (primary N) is 1. The minimum atomic E-state index is -1.31. The third kappa shape index (κ3) is 19.9. The summed E-state index contributed by atoms with van der Waals surface area (Å²) in [4.78, 5) is 106. The molecule has 0 radical (unpaired) electrons. The van der Waals surface area contributed by atoms with E-state index in [1.54, 1.807) is 54.6 Å². The molecule has 33 heteroatoms. The van der Waals surface area contributed by atoms with Gasteiger partial charge in [0.05, 0.1) is 57.8 Å². The standard InChI is InChI=1S/C20H22FN5O2.C18H21N3O4.C18H21N3O3S.C17H18N2O5.C8H9FN2O/c1-12-17(27)16(22-19-20(2,3)28-10-9-26(12)19)18-24-23-15(25(18)4)11-13-5-7-14(21)8-6-13;1-18(2)17-20-13(15(22)19-3)14(16(23)21(17)9-10-25-18)24-11-12-7-5-4-6-8-12;1-18(2)17-20-13(15(25)19-3)14(16(22)21(17)9-10-24-18)23-11-12-7-5-4-6-8-12;1-17(2)16-18-12(15(21)22)13(14(20)19(16)8-9-24-17)23-10-11-6-4-3-5-7-11;9-7-3-1-6(2-4-7)5-8(12)11-10/h5-8,24H,1,9-11H2,2-4H3;4-8H,9-11H2,1-3H3,(H,19,22);4-8H,9-11H2,1-3H3,(H,19,25);3-7H,8-10H2,1-2H3,(H,21,22);1-4H,5,10H2,(H,11,12). The number of fused-ring (bicyclic) bond motifs is 4. The Hall–Kier alpha value is -12.0. The maximum Gasteiger partial charge on any atom is 0.358 e. The lowest BCUT2D eigenvalue weighted by Gasteiger charge is -2.33. The van der Waals surface area contributed by atoms with E-state index in [0.29, 0.717) is 110 Å². The Bertz CT molecular complexity index is 5290. The molecule has 5 aromatic carbocycles. The number of aromatic carboxylic acids is 1. The monoisotopic (exact) mass is 1580 g/mol. The van der Waals surface area contributed by atoms with Crippen LogP contribution in [0.4, 0.5) is 8.78 Å². The number of halogens is 2. The number of aromatic nitrogens is 8. The number of benzene rings is 5. The second-order valence-corrected chi connectivity index (χ2v) is 28.8. The topological polar surface area (TPSA) is 365 Å². The Morgan fingerprint density at radius 3 is 1.30 bits per heavy atom. The van der Waals surface area contributed by atoms with E-state index < -0.39 is 39.8 Å². The number of ether oxygens (including phenoxy) is 7. The molecule has 5 aliphatic rings. The normalized spacial score (nSPS) is 15.9. The SMILES string of the molecule is C=c1c(=O)c(=C2NN=C(Cc3ccc(F)cc3)N2C)nc2n1CCOC2(C)C.CC1(C)OCCn2c1nc(C(=O)O)c(OCc1ccccc1)c2=O.CNC(=O)c1nc2n(c(=O)c1OCc1ccccc1)CCOC2(C)C.CNC(=S)c1nc2n(c(=O)c1OCc1ccccc1)CCOC2(C)C.NNC(=O)Cc1ccc(F)cc1. The summed E-state index contributed by atoms with van der Waals surface area (Å²) >= 11 is 5.34. The number of carboxylic acids is 1. The lowest BCUT2D eigenvalue weighted by Crippen LogP contribution is -2.54. The van der Waals surface area contributed by atoms with Crippen molar-refractivity contribution in [3.63, 3.8) is 0 Å². The summed E-state index contributed by atoms with van der Waals surface area (Å²) in [5, 5.41) is 19.8. The molecule has 114 heavy (non-hydrogen) atoms. The lowest BCUT2D eigenvalue weighted by atomic mass is 10.1. The van der Waals surface area contributed by atoms with Crippen LogP contribution >= 0.6 is 12.2 Å². The zero-order valence-electron chi connectivity index (χ0n) is 65.1. The molecule has 30 nitrogen and oxygen atoms in total. The summed E-state index contributed by atoms with van der Waals surface area (Å²) in [7, 11) is 5.00. The van der Waals surface area contributed by atoms with Crippen LogP contribution in [0.1, 0.15) is 133 Å². The van der Waals surface area contributed by atoms with Gasteiger partial charge in [0, 0.05) is 34.1 Å². The third-order valence-corrected chi connectivity index (χ3v) is 19.0. The van der Waals surface area contributed by atoms with Gasteiger partial charge in [0.15, 0.2) is 22.6 Å². The van der Waals surface area contributed by atoms with Crippen molar-refractivity contribution in [2.24, 2.45) is 10.9 Å². The maximum atomic E-state index is 13.1. The highest BCUT2D eigenvalue weighted by Gasteiger charge is 2.39. The fraction of sp³-hybridized carbons (Fsp3) is 0.346. The number of nitrogens with one attached hydrogen (secondary N) is 4. The molecule has 0 atom stereocenters. The molecule has 0 saturated carbocycles. The molecule has 0 unspecified atom stereocenters. The van der Waals surface area contributed by atoms with Crippen molar-refractivity contribution >= 4 is 53.2 Å². The van der Waals surface area contributed by atoms with Crippen LogP contribution in [0, 0.1) is 11.6 Å². The van der Waals surface area contributed by atoms with E-state index in [2.05, 4.69) is 47.7 Å². The first-order valence-electron chi connectivity index (χ1n) is 36.4. The van der Waals surface area contributed by atoms with Gasteiger partial charge >= 0.3 is 5.97 Å². The number of hydrogen-bond acceptors (Lipinski definition) is 23. The van der Waals surface area contributed by atoms with Crippen LogP contribution in [0.2, 0.25) is 0 Å². The second kappa shape index (κ2) is 36.6.